The highest BCUT2D eigenvalue weighted by Crippen LogP contribution is 2.32. The number of aromatic nitrogens is 2. The SMILES string of the molecule is Clc1ncc(Br)c(Sc2ccc(Br)cc2)n1. The Labute approximate surface area is 119 Å². The van der Waals surface area contributed by atoms with Gasteiger partial charge in [-0.15, -0.1) is 0 Å². The second-order valence-electron chi connectivity index (χ2n) is 2.85. The van der Waals surface area contributed by atoms with Gasteiger partial charge >= 0.3 is 0 Å². The van der Waals surface area contributed by atoms with Crippen molar-refractivity contribution in [3.05, 3.63) is 44.7 Å². The summed E-state index contributed by atoms with van der Waals surface area (Å²) >= 11 is 14.1. The van der Waals surface area contributed by atoms with E-state index in [4.69, 9.17) is 11.6 Å². The summed E-state index contributed by atoms with van der Waals surface area (Å²) in [7, 11) is 0. The van der Waals surface area contributed by atoms with Crippen molar-refractivity contribution in [2.75, 3.05) is 0 Å². The van der Waals surface area contributed by atoms with E-state index >= 15 is 0 Å². The van der Waals surface area contributed by atoms with Gasteiger partial charge in [0.25, 0.3) is 0 Å². The Balaban J connectivity index is 2.26. The van der Waals surface area contributed by atoms with Crippen molar-refractivity contribution >= 4 is 55.2 Å². The molecular weight excluding hydrogens is 375 g/mol. The molecule has 1 heterocycles. The Bertz CT molecular complexity index is 505. The van der Waals surface area contributed by atoms with Crippen molar-refractivity contribution in [3.63, 3.8) is 0 Å². The Morgan fingerprint density at radius 3 is 2.50 bits per heavy atom. The third kappa shape index (κ3) is 3.20. The molecule has 1 aromatic carbocycles. The minimum atomic E-state index is 0.253. The maximum absolute atomic E-state index is 5.74. The maximum Gasteiger partial charge on any atom is 0.223 e. The second-order valence-corrected chi connectivity index (χ2v) is 6.02. The summed E-state index contributed by atoms with van der Waals surface area (Å²) in [6.45, 7) is 0. The van der Waals surface area contributed by atoms with Crippen LogP contribution in [0.15, 0.2) is 49.3 Å². The van der Waals surface area contributed by atoms with Crippen LogP contribution in [-0.2, 0) is 0 Å². The van der Waals surface area contributed by atoms with Gasteiger partial charge in [-0.05, 0) is 51.8 Å². The Hall–Kier alpha value is -0.100. The lowest BCUT2D eigenvalue weighted by molar-refractivity contribution is 1.03. The van der Waals surface area contributed by atoms with E-state index in [2.05, 4.69) is 41.8 Å². The molecule has 0 amide bonds. The van der Waals surface area contributed by atoms with E-state index in [1.54, 1.807) is 6.20 Å². The van der Waals surface area contributed by atoms with E-state index in [9.17, 15) is 0 Å². The molecule has 0 saturated carbocycles. The molecule has 0 aliphatic heterocycles. The smallest absolute Gasteiger partial charge is 0.223 e. The van der Waals surface area contributed by atoms with Crippen LogP contribution in [0.5, 0.6) is 0 Å². The van der Waals surface area contributed by atoms with Crippen molar-refractivity contribution in [2.24, 2.45) is 0 Å². The minimum absolute atomic E-state index is 0.253. The predicted molar refractivity (Wildman–Crippen MR) is 73.0 cm³/mol. The Kier molecular flexibility index (Phi) is 4.24. The average molecular weight is 380 g/mol. The summed E-state index contributed by atoms with van der Waals surface area (Å²) in [5.41, 5.74) is 0. The second kappa shape index (κ2) is 5.49. The maximum atomic E-state index is 5.74. The fraction of sp³-hybridized carbons (Fsp3) is 0. The first kappa shape index (κ1) is 12.4. The normalized spacial score (nSPS) is 10.4. The van der Waals surface area contributed by atoms with E-state index in [1.807, 2.05) is 24.3 Å². The zero-order chi connectivity index (χ0) is 11.5. The lowest BCUT2D eigenvalue weighted by Gasteiger charge is -2.03. The van der Waals surface area contributed by atoms with Crippen molar-refractivity contribution < 1.29 is 0 Å². The highest BCUT2D eigenvalue weighted by Gasteiger charge is 2.05. The summed E-state index contributed by atoms with van der Waals surface area (Å²) in [5.74, 6) is 0. The standard InChI is InChI=1S/C10H5Br2ClN2S/c11-6-1-3-7(4-2-6)16-9-8(12)5-14-10(13)15-9/h1-5H. The van der Waals surface area contributed by atoms with E-state index in [0.717, 1.165) is 18.9 Å². The van der Waals surface area contributed by atoms with Crippen LogP contribution in [0.25, 0.3) is 0 Å². The third-order valence-corrected chi connectivity index (χ3v) is 4.28. The molecule has 2 rings (SSSR count). The molecule has 0 saturated heterocycles. The number of halogens is 3. The van der Waals surface area contributed by atoms with E-state index < -0.39 is 0 Å². The number of rotatable bonds is 2. The van der Waals surface area contributed by atoms with Crippen LogP contribution in [-0.4, -0.2) is 9.97 Å². The van der Waals surface area contributed by atoms with Crippen LogP contribution in [0, 0.1) is 0 Å². The van der Waals surface area contributed by atoms with Crippen molar-refractivity contribution in [1.29, 1.82) is 0 Å². The average Bonchev–Trinajstić information content (AvgIpc) is 2.27. The van der Waals surface area contributed by atoms with Gasteiger partial charge in [0.05, 0.1) is 4.47 Å². The van der Waals surface area contributed by atoms with Crippen LogP contribution in [0.3, 0.4) is 0 Å². The van der Waals surface area contributed by atoms with Crippen LogP contribution < -0.4 is 0 Å². The van der Waals surface area contributed by atoms with Gasteiger partial charge in [0.15, 0.2) is 0 Å². The first-order valence-corrected chi connectivity index (χ1v) is 7.04. The first-order chi connectivity index (χ1) is 7.65. The van der Waals surface area contributed by atoms with Crippen molar-refractivity contribution in [2.45, 2.75) is 9.92 Å². The van der Waals surface area contributed by atoms with Crippen molar-refractivity contribution in [1.82, 2.24) is 9.97 Å². The van der Waals surface area contributed by atoms with Crippen LogP contribution in [0.1, 0.15) is 0 Å². The number of benzene rings is 1. The molecular formula is C10H5Br2ClN2S. The number of hydrogen-bond donors (Lipinski definition) is 0. The van der Waals surface area contributed by atoms with Gasteiger partial charge in [0.1, 0.15) is 5.03 Å². The van der Waals surface area contributed by atoms with Crippen LogP contribution >= 0.6 is 55.2 Å². The van der Waals surface area contributed by atoms with Crippen LogP contribution in [0.4, 0.5) is 0 Å². The molecule has 1 aromatic heterocycles. The number of hydrogen-bond acceptors (Lipinski definition) is 3. The van der Waals surface area contributed by atoms with Gasteiger partial charge in [0, 0.05) is 15.6 Å². The van der Waals surface area contributed by atoms with Gasteiger partial charge in [-0.1, -0.05) is 27.7 Å². The lowest BCUT2D eigenvalue weighted by Crippen LogP contribution is -1.86. The van der Waals surface area contributed by atoms with E-state index in [-0.39, 0.29) is 5.28 Å². The molecule has 0 unspecified atom stereocenters. The first-order valence-electron chi connectivity index (χ1n) is 4.26. The highest BCUT2D eigenvalue weighted by molar-refractivity contribution is 9.10. The molecule has 0 aliphatic carbocycles. The zero-order valence-corrected chi connectivity index (χ0v) is 12.6. The topological polar surface area (TPSA) is 25.8 Å². The molecule has 0 N–H and O–H groups in total. The third-order valence-electron chi connectivity index (χ3n) is 1.71. The highest BCUT2D eigenvalue weighted by atomic mass is 79.9. The molecule has 0 bridgehead atoms. The molecule has 0 spiro atoms. The molecule has 0 atom stereocenters. The largest absolute Gasteiger partial charge is 0.225 e. The molecule has 82 valence electrons. The van der Waals surface area contributed by atoms with Gasteiger partial charge in [-0.2, -0.15) is 0 Å². The fourth-order valence-electron chi connectivity index (χ4n) is 1.02. The molecule has 2 nitrogen and oxygen atoms in total. The van der Waals surface area contributed by atoms with Crippen LogP contribution in [0.2, 0.25) is 5.28 Å². The van der Waals surface area contributed by atoms with Gasteiger partial charge in [-0.25, -0.2) is 9.97 Å². The minimum Gasteiger partial charge on any atom is -0.225 e. The Morgan fingerprint density at radius 2 is 1.81 bits per heavy atom. The van der Waals surface area contributed by atoms with E-state index in [0.29, 0.717) is 0 Å². The van der Waals surface area contributed by atoms with Gasteiger partial charge in [0.2, 0.25) is 5.28 Å². The molecule has 0 fully saturated rings. The quantitative estimate of drug-likeness (QED) is 0.553. The fourth-order valence-corrected chi connectivity index (χ4v) is 2.68. The van der Waals surface area contributed by atoms with Gasteiger partial charge in [-0.3, -0.25) is 0 Å². The molecule has 16 heavy (non-hydrogen) atoms. The molecule has 6 heteroatoms. The summed E-state index contributed by atoms with van der Waals surface area (Å²) in [4.78, 5) is 9.13. The summed E-state index contributed by atoms with van der Waals surface area (Å²) in [6.07, 6.45) is 1.65. The number of nitrogens with zero attached hydrogens (tertiary/aromatic N) is 2. The van der Waals surface area contributed by atoms with E-state index in [1.165, 1.54) is 11.8 Å². The molecule has 0 radical (unpaired) electrons. The molecule has 0 aliphatic rings. The summed E-state index contributed by atoms with van der Waals surface area (Å²) < 4.78 is 1.89. The zero-order valence-electron chi connectivity index (χ0n) is 7.82. The van der Waals surface area contributed by atoms with Crippen molar-refractivity contribution in [3.8, 4) is 0 Å². The predicted octanol–water partition coefficient (Wildman–Crippen LogP) is 4.81. The Morgan fingerprint density at radius 1 is 1.12 bits per heavy atom. The van der Waals surface area contributed by atoms with Gasteiger partial charge < -0.3 is 0 Å². The summed E-state index contributed by atoms with van der Waals surface area (Å²) in [6, 6.07) is 7.99. The lowest BCUT2D eigenvalue weighted by atomic mass is 10.4. The monoisotopic (exact) mass is 378 g/mol. The molecule has 2 aromatic rings. The summed E-state index contributed by atoms with van der Waals surface area (Å²) in [5, 5.41) is 1.06.